The fourth-order valence-electron chi connectivity index (χ4n) is 2.65. The van der Waals surface area contributed by atoms with Crippen molar-refractivity contribution in [3.8, 4) is 22.8 Å². The van der Waals surface area contributed by atoms with E-state index in [2.05, 4.69) is 24.1 Å². The van der Waals surface area contributed by atoms with Gasteiger partial charge in [0.05, 0.1) is 5.69 Å². The average Bonchev–Trinajstić information content (AvgIpc) is 3.30. The molecule has 138 valence electrons. The van der Waals surface area contributed by atoms with Gasteiger partial charge >= 0.3 is 0 Å². The van der Waals surface area contributed by atoms with E-state index < -0.39 is 0 Å². The molecule has 27 heavy (non-hydrogen) atoms. The molecule has 1 aromatic heterocycles. The number of thiazole rings is 1. The van der Waals surface area contributed by atoms with E-state index in [4.69, 9.17) is 9.47 Å². The van der Waals surface area contributed by atoms with Crippen LogP contribution in [0.4, 0.5) is 5.13 Å². The molecule has 1 amide bonds. The van der Waals surface area contributed by atoms with Gasteiger partial charge in [0.15, 0.2) is 16.6 Å². The summed E-state index contributed by atoms with van der Waals surface area (Å²) in [6, 6.07) is 13.3. The van der Waals surface area contributed by atoms with Gasteiger partial charge in [-0.25, -0.2) is 4.98 Å². The van der Waals surface area contributed by atoms with Gasteiger partial charge in [0, 0.05) is 26.7 Å². The number of amides is 1. The first-order chi connectivity index (χ1) is 13.1. The molecule has 0 spiro atoms. The van der Waals surface area contributed by atoms with E-state index in [1.54, 1.807) is 11.8 Å². The molecular formula is C20H18N2O3S2. The number of carbonyl (C=O) groups excluding carboxylic acids is 1. The number of fused-ring (bicyclic) bond motifs is 1. The molecule has 1 aliphatic rings. The zero-order valence-electron chi connectivity index (χ0n) is 14.9. The van der Waals surface area contributed by atoms with Crippen molar-refractivity contribution in [1.29, 1.82) is 0 Å². The lowest BCUT2D eigenvalue weighted by atomic mass is 10.1. The molecule has 1 N–H and O–H groups in total. The quantitative estimate of drug-likeness (QED) is 0.592. The predicted molar refractivity (Wildman–Crippen MR) is 109 cm³/mol. The van der Waals surface area contributed by atoms with Crippen molar-refractivity contribution in [3.05, 3.63) is 53.4 Å². The van der Waals surface area contributed by atoms with Crippen LogP contribution in [-0.2, 0) is 0 Å². The number of hydrogen-bond acceptors (Lipinski definition) is 6. The maximum absolute atomic E-state index is 12.5. The van der Waals surface area contributed by atoms with E-state index in [9.17, 15) is 4.79 Å². The zero-order chi connectivity index (χ0) is 18.8. The predicted octanol–water partition coefficient (Wildman–Crippen LogP) is 5.29. The van der Waals surface area contributed by atoms with Crippen LogP contribution in [0, 0.1) is 0 Å². The van der Waals surface area contributed by atoms with Crippen LogP contribution in [-0.4, -0.2) is 22.9 Å². The van der Waals surface area contributed by atoms with Crippen LogP contribution >= 0.6 is 23.1 Å². The lowest BCUT2D eigenvalue weighted by Gasteiger charge is -2.06. The summed E-state index contributed by atoms with van der Waals surface area (Å²) in [5.74, 6) is 1.29. The second-order valence-corrected chi connectivity index (χ2v) is 8.76. The van der Waals surface area contributed by atoms with Gasteiger partial charge in [-0.1, -0.05) is 13.8 Å². The van der Waals surface area contributed by atoms with Gasteiger partial charge in [0.2, 0.25) is 6.79 Å². The Hall–Kier alpha value is -2.51. The Kier molecular flexibility index (Phi) is 5.05. The molecule has 0 saturated heterocycles. The molecule has 3 aromatic rings. The van der Waals surface area contributed by atoms with Crippen LogP contribution in [0.3, 0.4) is 0 Å². The van der Waals surface area contributed by atoms with Crippen LogP contribution in [0.15, 0.2) is 52.7 Å². The fraction of sp³-hybridized carbons (Fsp3) is 0.200. The number of hydrogen-bond donors (Lipinski definition) is 1. The first-order valence-corrected chi connectivity index (χ1v) is 10.3. The topological polar surface area (TPSA) is 60.5 Å². The molecule has 2 heterocycles. The lowest BCUT2D eigenvalue weighted by molar-refractivity contribution is 0.102. The molecule has 2 aromatic carbocycles. The minimum Gasteiger partial charge on any atom is -0.454 e. The molecule has 4 rings (SSSR count). The van der Waals surface area contributed by atoms with Crippen LogP contribution in [0.1, 0.15) is 24.2 Å². The summed E-state index contributed by atoms with van der Waals surface area (Å²) in [4.78, 5) is 18.1. The second kappa shape index (κ2) is 7.62. The molecule has 0 aliphatic carbocycles. The number of ether oxygens (including phenoxy) is 2. The fourth-order valence-corrected chi connectivity index (χ4v) is 4.20. The SMILES string of the molecule is CC(C)Sc1ccc(C(=O)Nc2nc(-c3ccc4c(c3)OCO4)cs2)cc1. The molecule has 0 bridgehead atoms. The van der Waals surface area contributed by atoms with Crippen LogP contribution < -0.4 is 14.8 Å². The third kappa shape index (κ3) is 4.09. The number of nitrogens with zero attached hydrogens (tertiary/aromatic N) is 1. The number of benzene rings is 2. The molecule has 1 aliphatic heterocycles. The molecule has 0 unspecified atom stereocenters. The van der Waals surface area contributed by atoms with Crippen molar-refractivity contribution in [3.63, 3.8) is 0 Å². The standard InChI is InChI=1S/C20H18N2O3S2/c1-12(2)27-15-6-3-13(4-7-15)19(23)22-20-21-16(10-26-20)14-5-8-17-18(9-14)25-11-24-17/h3-10,12H,11H2,1-2H3,(H,21,22,23). The van der Waals surface area contributed by atoms with Crippen molar-refractivity contribution in [2.24, 2.45) is 0 Å². The van der Waals surface area contributed by atoms with Crippen LogP contribution in [0.25, 0.3) is 11.3 Å². The molecule has 5 nitrogen and oxygen atoms in total. The van der Waals surface area contributed by atoms with Crippen molar-refractivity contribution in [2.75, 3.05) is 12.1 Å². The largest absolute Gasteiger partial charge is 0.454 e. The lowest BCUT2D eigenvalue weighted by Crippen LogP contribution is -2.11. The van der Waals surface area contributed by atoms with Gasteiger partial charge in [-0.3, -0.25) is 10.1 Å². The van der Waals surface area contributed by atoms with Gasteiger partial charge in [0.1, 0.15) is 0 Å². The van der Waals surface area contributed by atoms with E-state index >= 15 is 0 Å². The Bertz CT molecular complexity index is 968. The molecule has 0 radical (unpaired) electrons. The molecule has 0 fully saturated rings. The number of nitrogens with one attached hydrogen (secondary N) is 1. The monoisotopic (exact) mass is 398 g/mol. The second-order valence-electron chi connectivity index (χ2n) is 6.25. The Balaban J connectivity index is 1.45. The van der Waals surface area contributed by atoms with Gasteiger partial charge in [-0.05, 0) is 42.5 Å². The zero-order valence-corrected chi connectivity index (χ0v) is 16.5. The maximum atomic E-state index is 12.5. The Morgan fingerprint density at radius 2 is 1.93 bits per heavy atom. The minimum atomic E-state index is -0.164. The summed E-state index contributed by atoms with van der Waals surface area (Å²) in [7, 11) is 0. The highest BCUT2D eigenvalue weighted by atomic mass is 32.2. The number of thioether (sulfide) groups is 1. The van der Waals surface area contributed by atoms with Crippen LogP contribution in [0.5, 0.6) is 11.5 Å². The first kappa shape index (κ1) is 17.9. The third-order valence-electron chi connectivity index (χ3n) is 3.88. The number of rotatable bonds is 5. The molecule has 0 saturated carbocycles. The van der Waals surface area contributed by atoms with E-state index in [1.807, 2.05) is 47.8 Å². The van der Waals surface area contributed by atoms with Crippen molar-refractivity contribution in [1.82, 2.24) is 4.98 Å². The Morgan fingerprint density at radius 3 is 2.70 bits per heavy atom. The summed E-state index contributed by atoms with van der Waals surface area (Å²) in [6.07, 6.45) is 0. The summed E-state index contributed by atoms with van der Waals surface area (Å²) in [6.45, 7) is 4.53. The Morgan fingerprint density at radius 1 is 1.15 bits per heavy atom. The summed E-state index contributed by atoms with van der Waals surface area (Å²) >= 11 is 3.16. The smallest absolute Gasteiger partial charge is 0.257 e. The molecular weight excluding hydrogens is 380 g/mol. The van der Waals surface area contributed by atoms with E-state index in [0.717, 1.165) is 21.9 Å². The van der Waals surface area contributed by atoms with Crippen LogP contribution in [0.2, 0.25) is 0 Å². The Labute approximate surface area is 165 Å². The highest BCUT2D eigenvalue weighted by Gasteiger charge is 2.16. The first-order valence-electron chi connectivity index (χ1n) is 8.52. The van der Waals surface area contributed by atoms with Gasteiger partial charge in [-0.15, -0.1) is 23.1 Å². The van der Waals surface area contributed by atoms with E-state index in [1.165, 1.54) is 11.3 Å². The maximum Gasteiger partial charge on any atom is 0.257 e. The van der Waals surface area contributed by atoms with Gasteiger partial charge < -0.3 is 9.47 Å². The number of aromatic nitrogens is 1. The summed E-state index contributed by atoms with van der Waals surface area (Å²) in [5.41, 5.74) is 2.33. The summed E-state index contributed by atoms with van der Waals surface area (Å²) < 4.78 is 10.7. The third-order valence-corrected chi connectivity index (χ3v) is 5.65. The van der Waals surface area contributed by atoms with Gasteiger partial charge in [-0.2, -0.15) is 0 Å². The number of anilines is 1. The normalized spacial score (nSPS) is 12.4. The minimum absolute atomic E-state index is 0.164. The van der Waals surface area contributed by atoms with Crippen molar-refractivity contribution in [2.45, 2.75) is 24.0 Å². The molecule has 7 heteroatoms. The van der Waals surface area contributed by atoms with Crippen molar-refractivity contribution >= 4 is 34.1 Å². The molecule has 0 atom stereocenters. The van der Waals surface area contributed by atoms with E-state index in [0.29, 0.717) is 21.7 Å². The van der Waals surface area contributed by atoms with Crippen molar-refractivity contribution < 1.29 is 14.3 Å². The highest BCUT2D eigenvalue weighted by Crippen LogP contribution is 2.36. The highest BCUT2D eigenvalue weighted by molar-refractivity contribution is 7.99. The number of carbonyl (C=O) groups is 1. The average molecular weight is 399 g/mol. The van der Waals surface area contributed by atoms with E-state index in [-0.39, 0.29) is 12.7 Å². The summed E-state index contributed by atoms with van der Waals surface area (Å²) in [5, 5.41) is 5.85. The van der Waals surface area contributed by atoms with Gasteiger partial charge in [0.25, 0.3) is 5.91 Å².